The highest BCUT2D eigenvalue weighted by Gasteiger charge is 2.35. The monoisotopic (exact) mass is 314 g/mol. The van der Waals surface area contributed by atoms with Crippen LogP contribution in [-0.4, -0.2) is 52.1 Å². The predicted molar refractivity (Wildman–Crippen MR) is 85.6 cm³/mol. The Hall–Kier alpha value is -2.18. The van der Waals surface area contributed by atoms with Crippen LogP contribution in [0.1, 0.15) is 18.0 Å². The molecule has 3 aliphatic heterocycles. The smallest absolute Gasteiger partial charge is 0.146 e. The van der Waals surface area contributed by atoms with Crippen molar-refractivity contribution in [1.29, 1.82) is 0 Å². The first kappa shape index (κ1) is 14.4. The fraction of sp³-hybridized carbons (Fsp3) is 0.353. The van der Waals surface area contributed by atoms with E-state index >= 15 is 0 Å². The van der Waals surface area contributed by atoms with Crippen molar-refractivity contribution in [2.24, 2.45) is 4.99 Å². The van der Waals surface area contributed by atoms with Crippen LogP contribution < -0.4 is 0 Å². The third kappa shape index (κ3) is 2.54. The number of benzene rings is 1. The lowest BCUT2D eigenvalue weighted by Crippen LogP contribution is -2.36. The Balaban J connectivity index is 1.65. The molecule has 0 spiro atoms. The van der Waals surface area contributed by atoms with E-state index < -0.39 is 6.10 Å². The molecule has 4 rings (SSSR count). The first-order valence-corrected chi connectivity index (χ1v) is 7.79. The van der Waals surface area contributed by atoms with Crippen molar-refractivity contribution in [2.75, 3.05) is 20.1 Å². The summed E-state index contributed by atoms with van der Waals surface area (Å²) in [6, 6.07) is 6.53. The molecule has 0 radical (unpaired) electrons. The minimum atomic E-state index is -0.433. The SMILES string of the molecule is CN1CC=C2N=C(N3C[C@@H](O)C[C@@H]3c3cccc(F)c3)C=CN21. The second-order valence-electron chi connectivity index (χ2n) is 6.15. The van der Waals surface area contributed by atoms with Crippen LogP contribution >= 0.6 is 0 Å². The number of hydrogen-bond acceptors (Lipinski definition) is 5. The van der Waals surface area contributed by atoms with Gasteiger partial charge in [-0.25, -0.2) is 14.4 Å². The number of hydrazine groups is 1. The number of nitrogens with zero attached hydrogens (tertiary/aromatic N) is 4. The van der Waals surface area contributed by atoms with Gasteiger partial charge in [0.1, 0.15) is 17.5 Å². The van der Waals surface area contributed by atoms with Gasteiger partial charge in [-0.05, 0) is 36.3 Å². The van der Waals surface area contributed by atoms with Crippen LogP contribution in [0.3, 0.4) is 0 Å². The zero-order valence-corrected chi connectivity index (χ0v) is 12.9. The number of hydrogen-bond donors (Lipinski definition) is 1. The molecule has 0 saturated carbocycles. The van der Waals surface area contributed by atoms with E-state index in [1.54, 1.807) is 6.07 Å². The van der Waals surface area contributed by atoms with Gasteiger partial charge in [0.15, 0.2) is 0 Å². The summed E-state index contributed by atoms with van der Waals surface area (Å²) in [5.41, 5.74) is 0.873. The molecule has 0 unspecified atom stereocenters. The summed E-state index contributed by atoms with van der Waals surface area (Å²) in [5, 5.41) is 14.2. The zero-order valence-electron chi connectivity index (χ0n) is 12.9. The van der Waals surface area contributed by atoms with Gasteiger partial charge in [0.05, 0.1) is 12.1 Å². The highest BCUT2D eigenvalue weighted by Crippen LogP contribution is 2.34. The third-order valence-electron chi connectivity index (χ3n) is 4.54. The highest BCUT2D eigenvalue weighted by atomic mass is 19.1. The maximum atomic E-state index is 13.6. The number of halogens is 1. The highest BCUT2D eigenvalue weighted by molar-refractivity contribution is 5.95. The van der Waals surface area contributed by atoms with Crippen molar-refractivity contribution in [1.82, 2.24) is 14.9 Å². The molecular formula is C17H19FN4O. The Morgan fingerprint density at radius 3 is 3.04 bits per heavy atom. The number of amidine groups is 1. The van der Waals surface area contributed by atoms with Crippen LogP contribution in [0.2, 0.25) is 0 Å². The maximum absolute atomic E-state index is 13.6. The number of likely N-dealkylation sites (tertiary alicyclic amines) is 1. The number of aliphatic hydroxyl groups is 1. The number of rotatable bonds is 1. The molecule has 23 heavy (non-hydrogen) atoms. The van der Waals surface area contributed by atoms with Gasteiger partial charge in [-0.15, -0.1) is 0 Å². The van der Waals surface area contributed by atoms with E-state index in [9.17, 15) is 9.50 Å². The first-order valence-electron chi connectivity index (χ1n) is 7.79. The van der Waals surface area contributed by atoms with Gasteiger partial charge >= 0.3 is 0 Å². The topological polar surface area (TPSA) is 42.3 Å². The molecule has 0 aliphatic carbocycles. The van der Waals surface area contributed by atoms with Gasteiger partial charge in [-0.2, -0.15) is 0 Å². The molecule has 3 heterocycles. The van der Waals surface area contributed by atoms with Gasteiger partial charge < -0.3 is 10.0 Å². The van der Waals surface area contributed by atoms with Crippen LogP contribution in [0.15, 0.2) is 53.4 Å². The van der Waals surface area contributed by atoms with Crippen molar-refractivity contribution in [3.63, 3.8) is 0 Å². The molecule has 2 atom stereocenters. The summed E-state index contributed by atoms with van der Waals surface area (Å²) in [5.74, 6) is 1.45. The number of aliphatic hydroxyl groups excluding tert-OH is 1. The van der Waals surface area contributed by atoms with Gasteiger partial charge in [0.25, 0.3) is 0 Å². The third-order valence-corrected chi connectivity index (χ3v) is 4.54. The Kier molecular flexibility index (Phi) is 3.43. The van der Waals surface area contributed by atoms with Crippen molar-refractivity contribution in [2.45, 2.75) is 18.6 Å². The lowest BCUT2D eigenvalue weighted by molar-refractivity contribution is 0.125. The molecule has 3 aliphatic rings. The molecule has 6 heteroatoms. The number of fused-ring (bicyclic) bond motifs is 1. The Morgan fingerprint density at radius 1 is 1.35 bits per heavy atom. The van der Waals surface area contributed by atoms with Crippen molar-refractivity contribution in [3.05, 3.63) is 59.8 Å². The molecule has 1 fully saturated rings. The van der Waals surface area contributed by atoms with E-state index in [-0.39, 0.29) is 11.9 Å². The quantitative estimate of drug-likeness (QED) is 0.859. The number of β-amino-alcohol motifs (C(OH)–C–C–N with tert-alkyl or cyclic N) is 1. The maximum Gasteiger partial charge on any atom is 0.146 e. The summed E-state index contributed by atoms with van der Waals surface area (Å²) >= 11 is 0. The van der Waals surface area contributed by atoms with Gasteiger partial charge in [-0.1, -0.05) is 12.1 Å². The van der Waals surface area contributed by atoms with Crippen molar-refractivity contribution in [3.8, 4) is 0 Å². The Labute approximate surface area is 134 Å². The largest absolute Gasteiger partial charge is 0.391 e. The Bertz CT molecular complexity index is 714. The van der Waals surface area contributed by atoms with Crippen molar-refractivity contribution >= 4 is 5.84 Å². The molecule has 0 bridgehead atoms. The Morgan fingerprint density at radius 2 is 2.22 bits per heavy atom. The minimum absolute atomic E-state index is 0.0598. The van der Waals surface area contributed by atoms with Gasteiger partial charge in [-0.3, -0.25) is 5.01 Å². The summed E-state index contributed by atoms with van der Waals surface area (Å²) in [6.07, 6.45) is 6.14. The molecule has 0 amide bonds. The van der Waals surface area contributed by atoms with Crippen LogP contribution in [-0.2, 0) is 0 Å². The average Bonchev–Trinajstić information content (AvgIpc) is 3.10. The molecule has 1 aromatic carbocycles. The zero-order chi connectivity index (χ0) is 16.0. The summed E-state index contributed by atoms with van der Waals surface area (Å²) in [6.45, 7) is 1.33. The van der Waals surface area contributed by atoms with Crippen LogP contribution in [0, 0.1) is 5.82 Å². The van der Waals surface area contributed by atoms with E-state index in [1.807, 2.05) is 30.4 Å². The number of likely N-dealkylation sites (N-methyl/N-ethyl adjacent to an activating group) is 1. The van der Waals surface area contributed by atoms with Crippen LogP contribution in [0.25, 0.3) is 0 Å². The van der Waals surface area contributed by atoms with Crippen LogP contribution in [0.5, 0.6) is 0 Å². The second kappa shape index (κ2) is 5.47. The second-order valence-corrected chi connectivity index (χ2v) is 6.15. The standard InChI is InChI=1S/C17H19FN4O/c1-20-7-5-17-19-16(6-8-22(17)20)21-11-14(23)10-15(21)12-3-2-4-13(18)9-12/h2-6,8-9,14-15,23H,7,10-11H2,1H3/t14-,15+/m0/s1. The molecule has 1 aromatic rings. The molecule has 1 saturated heterocycles. The van der Waals surface area contributed by atoms with Gasteiger partial charge in [0.2, 0.25) is 0 Å². The molecule has 1 N–H and O–H groups in total. The fourth-order valence-corrected chi connectivity index (χ4v) is 3.41. The van der Waals surface area contributed by atoms with E-state index in [4.69, 9.17) is 4.99 Å². The summed E-state index contributed by atoms with van der Waals surface area (Å²) < 4.78 is 13.6. The predicted octanol–water partition coefficient (Wildman–Crippen LogP) is 1.86. The molecule has 120 valence electrons. The minimum Gasteiger partial charge on any atom is -0.391 e. The molecule has 5 nitrogen and oxygen atoms in total. The number of aliphatic imine (C=N–C) groups is 1. The summed E-state index contributed by atoms with van der Waals surface area (Å²) in [4.78, 5) is 6.77. The van der Waals surface area contributed by atoms with Crippen molar-refractivity contribution < 1.29 is 9.50 Å². The van der Waals surface area contributed by atoms with Crippen LogP contribution in [0.4, 0.5) is 4.39 Å². The van der Waals surface area contributed by atoms with E-state index in [0.717, 1.165) is 23.8 Å². The molecular weight excluding hydrogens is 295 g/mol. The normalized spacial score (nSPS) is 27.3. The fourth-order valence-electron chi connectivity index (χ4n) is 3.41. The van der Waals surface area contributed by atoms with E-state index in [2.05, 4.69) is 16.0 Å². The van der Waals surface area contributed by atoms with Gasteiger partial charge in [0, 0.05) is 26.3 Å². The van der Waals surface area contributed by atoms with E-state index in [0.29, 0.717) is 13.0 Å². The average molecular weight is 314 g/mol. The lowest BCUT2D eigenvalue weighted by Gasteiger charge is -2.31. The summed E-state index contributed by atoms with van der Waals surface area (Å²) in [7, 11) is 2.00. The first-order chi connectivity index (χ1) is 11.1. The van der Waals surface area contributed by atoms with E-state index in [1.165, 1.54) is 12.1 Å². The lowest BCUT2D eigenvalue weighted by atomic mass is 10.0. The molecule has 0 aromatic heterocycles.